The minimum absolute atomic E-state index is 0. The average molecular weight is 546 g/mol. The van der Waals surface area contributed by atoms with Crippen molar-refractivity contribution in [1.29, 1.82) is 0 Å². The molecule has 4 nitrogen and oxygen atoms in total. The lowest BCUT2D eigenvalue weighted by atomic mass is 9.55. The van der Waals surface area contributed by atoms with Gasteiger partial charge in [0.2, 0.25) is 0 Å². The van der Waals surface area contributed by atoms with Crippen LogP contribution >= 0.6 is 12.4 Å². The van der Waals surface area contributed by atoms with E-state index >= 15 is 0 Å². The first-order chi connectivity index (χ1) is 17.0. The quantitative estimate of drug-likeness (QED) is 0.229. The second kappa shape index (κ2) is 13.5. The zero-order valence-electron chi connectivity index (χ0n) is 21.2. The Hall–Kier alpha value is -2.32. The van der Waals surface area contributed by atoms with E-state index in [-0.39, 0.29) is 42.2 Å². The summed E-state index contributed by atoms with van der Waals surface area (Å²) in [5.74, 6) is -0.699. The molecule has 0 radical (unpaired) electrons. The van der Waals surface area contributed by atoms with E-state index in [0.717, 1.165) is 55.5 Å². The summed E-state index contributed by atoms with van der Waals surface area (Å²) in [6, 6.07) is 11.5. The van der Waals surface area contributed by atoms with Crippen LogP contribution in [0.15, 0.2) is 42.5 Å². The standard InChI is InChI=1S/C28H35F4NO3.ClH/c1-19(2)27(17-26(34)35)22(9-8-21-16-23(29)10-11-25(21)27)12-14-33-13-4-6-20-5-3-7-24(15-20)36-18-28(30,31)32;/h3,5,7,10-11,15-16,19,22,33H,4,6,8-9,12-14,17-18H2,1-2H3,(H,34,35);1H. The molecule has 0 bridgehead atoms. The molecule has 37 heavy (non-hydrogen) atoms. The first kappa shape index (κ1) is 30.9. The molecule has 0 amide bonds. The summed E-state index contributed by atoms with van der Waals surface area (Å²) in [6.45, 7) is 4.25. The summed E-state index contributed by atoms with van der Waals surface area (Å²) < 4.78 is 55.8. The van der Waals surface area contributed by atoms with Gasteiger partial charge in [-0.05, 0) is 98.0 Å². The van der Waals surface area contributed by atoms with Crippen LogP contribution in [0.4, 0.5) is 17.6 Å². The molecule has 0 aromatic heterocycles. The highest BCUT2D eigenvalue weighted by atomic mass is 35.5. The van der Waals surface area contributed by atoms with Crippen molar-refractivity contribution in [3.05, 3.63) is 65.0 Å². The van der Waals surface area contributed by atoms with Crippen molar-refractivity contribution >= 4 is 18.4 Å². The number of carbonyl (C=O) groups is 1. The highest BCUT2D eigenvalue weighted by Gasteiger charge is 2.47. The van der Waals surface area contributed by atoms with E-state index in [2.05, 4.69) is 5.32 Å². The van der Waals surface area contributed by atoms with Crippen LogP contribution in [0.1, 0.15) is 56.2 Å². The van der Waals surface area contributed by atoms with Gasteiger partial charge < -0.3 is 15.2 Å². The van der Waals surface area contributed by atoms with Crippen LogP contribution in [-0.4, -0.2) is 36.9 Å². The Kier molecular flexibility index (Phi) is 11.2. The largest absolute Gasteiger partial charge is 0.484 e. The number of carboxylic acid groups (broad SMARTS) is 1. The van der Waals surface area contributed by atoms with Crippen LogP contribution in [-0.2, 0) is 23.1 Å². The third kappa shape index (κ3) is 8.34. The lowest BCUT2D eigenvalue weighted by Gasteiger charge is -2.48. The van der Waals surface area contributed by atoms with Crippen molar-refractivity contribution < 1.29 is 32.2 Å². The van der Waals surface area contributed by atoms with E-state index in [1.165, 1.54) is 12.1 Å². The van der Waals surface area contributed by atoms with E-state index in [4.69, 9.17) is 4.74 Å². The molecule has 3 rings (SSSR count). The number of carboxylic acids is 1. The first-order valence-electron chi connectivity index (χ1n) is 12.5. The molecule has 2 N–H and O–H groups in total. The van der Waals surface area contributed by atoms with E-state index in [1.54, 1.807) is 24.3 Å². The second-order valence-corrected chi connectivity index (χ2v) is 10.00. The molecule has 0 spiro atoms. The molecule has 0 saturated heterocycles. The molecule has 1 aliphatic rings. The summed E-state index contributed by atoms with van der Waals surface area (Å²) in [5.41, 5.74) is 2.24. The predicted octanol–water partition coefficient (Wildman–Crippen LogP) is 6.73. The average Bonchev–Trinajstić information content (AvgIpc) is 2.80. The first-order valence-corrected chi connectivity index (χ1v) is 12.5. The fraction of sp³-hybridized carbons (Fsp3) is 0.536. The molecule has 0 fully saturated rings. The van der Waals surface area contributed by atoms with Gasteiger partial charge in [-0.2, -0.15) is 13.2 Å². The molecule has 2 aromatic carbocycles. The number of nitrogens with one attached hydrogen (secondary N) is 1. The monoisotopic (exact) mass is 545 g/mol. The highest BCUT2D eigenvalue weighted by molar-refractivity contribution is 5.85. The Morgan fingerprint density at radius 1 is 1.19 bits per heavy atom. The minimum atomic E-state index is -4.37. The smallest absolute Gasteiger partial charge is 0.422 e. The van der Waals surface area contributed by atoms with Crippen molar-refractivity contribution in [1.82, 2.24) is 5.32 Å². The molecule has 206 valence electrons. The van der Waals surface area contributed by atoms with Crippen LogP contribution in [0, 0.1) is 17.7 Å². The lowest BCUT2D eigenvalue weighted by Crippen LogP contribution is -2.46. The number of ether oxygens (including phenoxy) is 1. The fourth-order valence-corrected chi connectivity index (χ4v) is 5.68. The number of aryl methyl sites for hydroxylation is 2. The van der Waals surface area contributed by atoms with Crippen LogP contribution in [0.3, 0.4) is 0 Å². The molecule has 2 aromatic rings. The zero-order chi connectivity index (χ0) is 26.3. The molecular weight excluding hydrogens is 510 g/mol. The maximum Gasteiger partial charge on any atom is 0.422 e. The predicted molar refractivity (Wildman–Crippen MR) is 138 cm³/mol. The third-order valence-electron chi connectivity index (χ3n) is 7.32. The second-order valence-electron chi connectivity index (χ2n) is 10.00. The topological polar surface area (TPSA) is 58.6 Å². The van der Waals surface area contributed by atoms with E-state index in [0.29, 0.717) is 6.42 Å². The highest BCUT2D eigenvalue weighted by Crippen LogP contribution is 2.50. The minimum Gasteiger partial charge on any atom is -0.484 e. The zero-order valence-corrected chi connectivity index (χ0v) is 22.1. The maximum absolute atomic E-state index is 13.9. The summed E-state index contributed by atoms with van der Waals surface area (Å²) in [6.07, 6.45) is -0.488. The van der Waals surface area contributed by atoms with Crippen molar-refractivity contribution in [3.8, 4) is 5.75 Å². The number of hydrogen-bond acceptors (Lipinski definition) is 3. The number of fused-ring (bicyclic) bond motifs is 1. The number of rotatable bonds is 12. The summed E-state index contributed by atoms with van der Waals surface area (Å²) in [5, 5.41) is 13.2. The lowest BCUT2D eigenvalue weighted by molar-refractivity contribution is -0.153. The summed E-state index contributed by atoms with van der Waals surface area (Å²) in [7, 11) is 0. The van der Waals surface area contributed by atoms with Crippen LogP contribution in [0.2, 0.25) is 0 Å². The van der Waals surface area contributed by atoms with Gasteiger partial charge in [-0.3, -0.25) is 4.79 Å². The van der Waals surface area contributed by atoms with Gasteiger partial charge in [0.1, 0.15) is 11.6 Å². The summed E-state index contributed by atoms with van der Waals surface area (Å²) >= 11 is 0. The van der Waals surface area contributed by atoms with Gasteiger partial charge in [0.15, 0.2) is 6.61 Å². The number of aliphatic carboxylic acids is 1. The van der Waals surface area contributed by atoms with Crippen LogP contribution in [0.5, 0.6) is 5.75 Å². The molecule has 2 unspecified atom stereocenters. The molecule has 0 heterocycles. The molecule has 0 saturated carbocycles. The fourth-order valence-electron chi connectivity index (χ4n) is 5.68. The van der Waals surface area contributed by atoms with E-state index < -0.39 is 24.2 Å². The number of alkyl halides is 3. The van der Waals surface area contributed by atoms with Gasteiger partial charge in [0, 0.05) is 5.41 Å². The Morgan fingerprint density at radius 2 is 1.95 bits per heavy atom. The van der Waals surface area contributed by atoms with Gasteiger partial charge in [0.25, 0.3) is 0 Å². The molecule has 9 heteroatoms. The molecule has 0 aliphatic heterocycles. The number of benzene rings is 2. The van der Waals surface area contributed by atoms with Gasteiger partial charge in [0.05, 0.1) is 6.42 Å². The Morgan fingerprint density at radius 3 is 2.62 bits per heavy atom. The van der Waals surface area contributed by atoms with Crippen molar-refractivity contribution in [3.63, 3.8) is 0 Å². The van der Waals surface area contributed by atoms with E-state index in [1.807, 2.05) is 19.9 Å². The molecule has 1 aliphatic carbocycles. The Balaban J connectivity index is 0.00000481. The third-order valence-corrected chi connectivity index (χ3v) is 7.32. The SMILES string of the molecule is CC(C)C1(CC(=O)O)c2ccc(F)cc2CCC1CCNCCCc1cccc(OCC(F)(F)F)c1.Cl. The van der Waals surface area contributed by atoms with Gasteiger partial charge >= 0.3 is 12.1 Å². The number of halogens is 5. The maximum atomic E-state index is 13.9. The summed E-state index contributed by atoms with van der Waals surface area (Å²) in [4.78, 5) is 11.9. The van der Waals surface area contributed by atoms with Gasteiger partial charge in [-0.25, -0.2) is 4.39 Å². The number of hydrogen-bond donors (Lipinski definition) is 2. The van der Waals surface area contributed by atoms with Gasteiger partial charge in [-0.15, -0.1) is 12.4 Å². The van der Waals surface area contributed by atoms with E-state index in [9.17, 15) is 27.5 Å². The normalized spacial score (nSPS) is 19.3. The van der Waals surface area contributed by atoms with Crippen molar-refractivity contribution in [2.75, 3.05) is 19.7 Å². The van der Waals surface area contributed by atoms with Crippen molar-refractivity contribution in [2.24, 2.45) is 11.8 Å². The van der Waals surface area contributed by atoms with Crippen LogP contribution in [0.25, 0.3) is 0 Å². The Labute approximate surface area is 222 Å². The Bertz CT molecular complexity index is 1030. The van der Waals surface area contributed by atoms with Crippen LogP contribution < -0.4 is 10.1 Å². The molecular formula is C28H36ClF4NO3. The molecule has 2 atom stereocenters. The van der Waals surface area contributed by atoms with Gasteiger partial charge in [-0.1, -0.05) is 32.0 Å². The van der Waals surface area contributed by atoms with Crippen molar-refractivity contribution in [2.45, 2.75) is 64.0 Å².